The van der Waals surface area contributed by atoms with E-state index in [0.29, 0.717) is 23.6 Å². The molecule has 116 valence electrons. The van der Waals surface area contributed by atoms with Crippen LogP contribution in [0.4, 0.5) is 4.39 Å². The summed E-state index contributed by atoms with van der Waals surface area (Å²) in [5.74, 6) is -0.203. The van der Waals surface area contributed by atoms with E-state index in [1.165, 1.54) is 30.3 Å². The highest BCUT2D eigenvalue weighted by Gasteiger charge is 2.13. The van der Waals surface area contributed by atoms with E-state index < -0.39 is 5.91 Å². The second-order valence-corrected chi connectivity index (χ2v) is 4.84. The number of benzene rings is 1. The third kappa shape index (κ3) is 4.15. The molecule has 22 heavy (non-hydrogen) atoms. The van der Waals surface area contributed by atoms with Crippen LogP contribution in [-0.4, -0.2) is 35.3 Å². The maximum absolute atomic E-state index is 12.9. The van der Waals surface area contributed by atoms with Gasteiger partial charge in [0.1, 0.15) is 5.82 Å². The molecule has 0 saturated carbocycles. The highest BCUT2D eigenvalue weighted by Crippen LogP contribution is 2.21. The third-order valence-electron chi connectivity index (χ3n) is 3.05. The molecular weight excluding hydrogens is 289 g/mol. The second-order valence-electron chi connectivity index (χ2n) is 4.84. The minimum atomic E-state index is -0.564. The van der Waals surface area contributed by atoms with Gasteiger partial charge in [-0.25, -0.2) is 9.37 Å². The zero-order chi connectivity index (χ0) is 16.1. The quantitative estimate of drug-likeness (QED) is 0.872. The van der Waals surface area contributed by atoms with E-state index in [1.54, 1.807) is 12.1 Å². The first-order valence-electron chi connectivity index (χ1n) is 6.68. The molecule has 0 fully saturated rings. The molecule has 7 heteroatoms. The number of nitrogens with two attached hydrogens (primary N) is 1. The van der Waals surface area contributed by atoms with Crippen LogP contribution >= 0.6 is 0 Å². The molecule has 1 aromatic heterocycles. The number of carbonyl (C=O) groups excluding carboxylic acids is 2. The predicted octanol–water partition coefficient (Wildman–Crippen LogP) is 1.36. The number of oxazole rings is 1. The van der Waals surface area contributed by atoms with Crippen molar-refractivity contribution in [3.8, 4) is 11.3 Å². The van der Waals surface area contributed by atoms with Gasteiger partial charge in [-0.3, -0.25) is 9.59 Å². The Hall–Kier alpha value is -2.70. The average molecular weight is 305 g/mol. The molecule has 2 N–H and O–H groups in total. The number of carbonyl (C=O) groups is 2. The van der Waals surface area contributed by atoms with Crippen LogP contribution in [0.25, 0.3) is 11.3 Å². The van der Waals surface area contributed by atoms with Crippen LogP contribution in [0.5, 0.6) is 0 Å². The topological polar surface area (TPSA) is 89.4 Å². The van der Waals surface area contributed by atoms with Gasteiger partial charge >= 0.3 is 0 Å². The zero-order valence-corrected chi connectivity index (χ0v) is 12.1. The number of rotatable bonds is 6. The van der Waals surface area contributed by atoms with Crippen LogP contribution in [0.2, 0.25) is 0 Å². The SMILES string of the molecule is CN(CC(N)=O)C(=O)CCc1ncc(-c2ccc(F)cc2)o1. The first kappa shape index (κ1) is 15.7. The number of halogens is 1. The smallest absolute Gasteiger partial charge is 0.237 e. The van der Waals surface area contributed by atoms with Crippen molar-refractivity contribution in [1.82, 2.24) is 9.88 Å². The van der Waals surface area contributed by atoms with Gasteiger partial charge in [0, 0.05) is 25.5 Å². The van der Waals surface area contributed by atoms with Gasteiger partial charge in [0.15, 0.2) is 11.7 Å². The Morgan fingerprint density at radius 2 is 2.00 bits per heavy atom. The van der Waals surface area contributed by atoms with Gasteiger partial charge in [-0.2, -0.15) is 0 Å². The van der Waals surface area contributed by atoms with Crippen molar-refractivity contribution < 1.29 is 18.4 Å². The second kappa shape index (κ2) is 6.84. The summed E-state index contributed by atoms with van der Waals surface area (Å²) in [4.78, 5) is 27.9. The molecule has 0 radical (unpaired) electrons. The lowest BCUT2D eigenvalue weighted by atomic mass is 10.2. The molecule has 0 aliphatic carbocycles. The Morgan fingerprint density at radius 1 is 1.32 bits per heavy atom. The number of aryl methyl sites for hydroxylation is 1. The van der Waals surface area contributed by atoms with Gasteiger partial charge in [-0.15, -0.1) is 0 Å². The molecule has 0 aliphatic heterocycles. The zero-order valence-electron chi connectivity index (χ0n) is 12.1. The molecule has 1 aromatic carbocycles. The molecular formula is C15H16FN3O3. The van der Waals surface area contributed by atoms with E-state index in [1.807, 2.05) is 0 Å². The normalized spacial score (nSPS) is 10.5. The van der Waals surface area contributed by atoms with Crippen molar-refractivity contribution in [3.63, 3.8) is 0 Å². The lowest BCUT2D eigenvalue weighted by molar-refractivity contribution is -0.133. The first-order chi connectivity index (χ1) is 10.5. The largest absolute Gasteiger partial charge is 0.441 e. The summed E-state index contributed by atoms with van der Waals surface area (Å²) in [6.45, 7) is -0.120. The van der Waals surface area contributed by atoms with Crippen LogP contribution in [-0.2, 0) is 16.0 Å². The van der Waals surface area contributed by atoms with E-state index in [-0.39, 0.29) is 24.7 Å². The molecule has 1 heterocycles. The average Bonchev–Trinajstić information content (AvgIpc) is 2.93. The van der Waals surface area contributed by atoms with Gasteiger partial charge in [0.05, 0.1) is 12.7 Å². The highest BCUT2D eigenvalue weighted by atomic mass is 19.1. The first-order valence-corrected chi connectivity index (χ1v) is 6.68. The maximum atomic E-state index is 12.9. The number of nitrogens with zero attached hydrogens (tertiary/aromatic N) is 2. The fourth-order valence-corrected chi connectivity index (χ4v) is 1.90. The van der Waals surface area contributed by atoms with Crippen molar-refractivity contribution in [3.05, 3.63) is 42.2 Å². The molecule has 0 bridgehead atoms. The fourth-order valence-electron chi connectivity index (χ4n) is 1.90. The molecule has 0 spiro atoms. The number of aromatic nitrogens is 1. The Bertz CT molecular complexity index is 667. The number of hydrogen-bond donors (Lipinski definition) is 1. The van der Waals surface area contributed by atoms with Crippen LogP contribution in [0.3, 0.4) is 0 Å². The molecule has 0 aliphatic rings. The Kier molecular flexibility index (Phi) is 4.88. The molecule has 2 rings (SSSR count). The Balaban J connectivity index is 1.93. The van der Waals surface area contributed by atoms with Crippen LogP contribution in [0.15, 0.2) is 34.9 Å². The third-order valence-corrected chi connectivity index (χ3v) is 3.05. The lowest BCUT2D eigenvalue weighted by Gasteiger charge is -2.14. The van der Waals surface area contributed by atoms with Gasteiger partial charge in [0.2, 0.25) is 11.8 Å². The number of primary amides is 1. The van der Waals surface area contributed by atoms with Crippen molar-refractivity contribution in [2.75, 3.05) is 13.6 Å². The number of amides is 2. The minimum Gasteiger partial charge on any atom is -0.441 e. The van der Waals surface area contributed by atoms with Crippen LogP contribution in [0.1, 0.15) is 12.3 Å². The molecule has 0 unspecified atom stereocenters. The monoisotopic (exact) mass is 305 g/mol. The van der Waals surface area contributed by atoms with Crippen LogP contribution < -0.4 is 5.73 Å². The summed E-state index contributed by atoms with van der Waals surface area (Å²) in [5.41, 5.74) is 5.73. The van der Waals surface area contributed by atoms with E-state index >= 15 is 0 Å². The summed E-state index contributed by atoms with van der Waals surface area (Å²) in [6, 6.07) is 5.84. The van der Waals surface area contributed by atoms with Crippen molar-refractivity contribution in [2.24, 2.45) is 5.73 Å². The summed E-state index contributed by atoms with van der Waals surface area (Å²) in [5, 5.41) is 0. The summed E-state index contributed by atoms with van der Waals surface area (Å²) < 4.78 is 18.4. The summed E-state index contributed by atoms with van der Waals surface area (Å²) in [6.07, 6.45) is 2.00. The van der Waals surface area contributed by atoms with E-state index in [9.17, 15) is 14.0 Å². The Labute approximate surface area is 126 Å². The van der Waals surface area contributed by atoms with E-state index in [0.717, 1.165) is 0 Å². The van der Waals surface area contributed by atoms with Crippen molar-refractivity contribution >= 4 is 11.8 Å². The maximum Gasteiger partial charge on any atom is 0.237 e. The van der Waals surface area contributed by atoms with Gasteiger partial charge < -0.3 is 15.1 Å². The number of likely N-dealkylation sites (N-methyl/N-ethyl adjacent to an activating group) is 1. The summed E-state index contributed by atoms with van der Waals surface area (Å²) in [7, 11) is 1.51. The highest BCUT2D eigenvalue weighted by molar-refractivity contribution is 5.83. The Morgan fingerprint density at radius 3 is 2.64 bits per heavy atom. The summed E-state index contributed by atoms with van der Waals surface area (Å²) >= 11 is 0. The predicted molar refractivity (Wildman–Crippen MR) is 77.0 cm³/mol. The van der Waals surface area contributed by atoms with Crippen molar-refractivity contribution in [2.45, 2.75) is 12.8 Å². The molecule has 2 aromatic rings. The fraction of sp³-hybridized carbons (Fsp3) is 0.267. The molecule has 2 amide bonds. The molecule has 6 nitrogen and oxygen atoms in total. The van der Waals surface area contributed by atoms with Gasteiger partial charge in [0.25, 0.3) is 0 Å². The molecule has 0 saturated heterocycles. The molecule has 0 atom stereocenters. The van der Waals surface area contributed by atoms with Crippen LogP contribution in [0, 0.1) is 5.82 Å². The minimum absolute atomic E-state index is 0.120. The van der Waals surface area contributed by atoms with Crippen molar-refractivity contribution in [1.29, 1.82) is 0 Å². The standard InChI is InChI=1S/C15H16FN3O3/c1-19(9-13(17)20)15(21)7-6-14-18-8-12(22-14)10-2-4-11(16)5-3-10/h2-5,8H,6-7,9H2,1H3,(H2,17,20). The lowest BCUT2D eigenvalue weighted by Crippen LogP contribution is -2.35. The van der Waals surface area contributed by atoms with Gasteiger partial charge in [-0.05, 0) is 24.3 Å². The van der Waals surface area contributed by atoms with Gasteiger partial charge in [-0.1, -0.05) is 0 Å². The van der Waals surface area contributed by atoms with E-state index in [2.05, 4.69) is 4.98 Å². The number of hydrogen-bond acceptors (Lipinski definition) is 4. The van der Waals surface area contributed by atoms with E-state index in [4.69, 9.17) is 10.2 Å².